The quantitative estimate of drug-likeness (QED) is 0.917. The van der Waals surface area contributed by atoms with E-state index < -0.39 is 6.10 Å². The molecule has 0 saturated carbocycles. The Labute approximate surface area is 140 Å². The van der Waals surface area contributed by atoms with E-state index >= 15 is 0 Å². The minimum atomic E-state index is -0.538. The fraction of sp³-hybridized carbons (Fsp3) is 0.389. The highest BCUT2D eigenvalue weighted by atomic mass is 16.5. The number of aliphatic hydroxyl groups is 1. The zero-order valence-electron chi connectivity index (χ0n) is 13.3. The Morgan fingerprint density at radius 3 is 3.04 bits per heavy atom. The second-order valence-corrected chi connectivity index (χ2v) is 6.37. The Hall–Kier alpha value is -2.31. The van der Waals surface area contributed by atoms with Crippen LogP contribution in [0.15, 0.2) is 36.8 Å². The van der Waals surface area contributed by atoms with Gasteiger partial charge in [0.05, 0.1) is 25.0 Å². The van der Waals surface area contributed by atoms with Gasteiger partial charge in [-0.05, 0) is 23.6 Å². The molecule has 3 heterocycles. The number of rotatable bonds is 3. The summed E-state index contributed by atoms with van der Waals surface area (Å²) < 4.78 is 5.45. The molecule has 0 spiro atoms. The van der Waals surface area contributed by atoms with Crippen LogP contribution in [0, 0.1) is 5.92 Å². The number of hydrogen-bond donors (Lipinski definition) is 1. The predicted molar refractivity (Wildman–Crippen MR) is 86.1 cm³/mol. The lowest BCUT2D eigenvalue weighted by Gasteiger charge is -2.17. The topological polar surface area (TPSA) is 75.5 Å². The van der Waals surface area contributed by atoms with Crippen molar-refractivity contribution in [1.29, 1.82) is 0 Å². The lowest BCUT2D eigenvalue weighted by molar-refractivity contribution is 0.0760. The molecule has 2 aromatic rings. The summed E-state index contributed by atoms with van der Waals surface area (Å²) in [6.45, 7) is 1.93. The van der Waals surface area contributed by atoms with Crippen molar-refractivity contribution in [2.24, 2.45) is 5.92 Å². The van der Waals surface area contributed by atoms with Crippen molar-refractivity contribution in [1.82, 2.24) is 14.9 Å². The molecule has 0 radical (unpaired) electrons. The summed E-state index contributed by atoms with van der Waals surface area (Å²) in [4.78, 5) is 22.9. The van der Waals surface area contributed by atoms with Gasteiger partial charge in [-0.1, -0.05) is 12.1 Å². The largest absolute Gasteiger partial charge is 0.391 e. The number of carbonyl (C=O) groups is 1. The molecule has 1 fully saturated rings. The number of β-amino-alcohol motifs (C(OH)–C–C–N with tert-alkyl or cyclic N) is 1. The van der Waals surface area contributed by atoms with E-state index in [1.807, 2.05) is 18.2 Å². The standard InChI is InChI=1S/C18H19N3O3/c22-17-9-21(8-13(17)6-14-7-19-4-5-20-14)18(23)15-3-1-2-12-10-24-11-16(12)15/h1-5,7,13,17,22H,6,8-11H2/t13-,17-/m1/s1. The number of nitrogens with zero attached hydrogens (tertiary/aromatic N) is 3. The number of aromatic nitrogens is 2. The predicted octanol–water partition coefficient (Wildman–Crippen LogP) is 1.18. The summed E-state index contributed by atoms with van der Waals surface area (Å²) in [5.41, 5.74) is 3.59. The van der Waals surface area contributed by atoms with Crippen LogP contribution in [0.1, 0.15) is 27.2 Å². The highest BCUT2D eigenvalue weighted by molar-refractivity contribution is 5.96. The summed E-state index contributed by atoms with van der Waals surface area (Å²) in [5, 5.41) is 10.3. The molecule has 0 aliphatic carbocycles. The fourth-order valence-corrected chi connectivity index (χ4v) is 3.50. The third-order valence-electron chi connectivity index (χ3n) is 4.79. The van der Waals surface area contributed by atoms with Crippen LogP contribution in [-0.4, -0.2) is 45.1 Å². The molecular weight excluding hydrogens is 306 g/mol. The van der Waals surface area contributed by atoms with Crippen molar-refractivity contribution in [2.45, 2.75) is 25.7 Å². The first-order chi connectivity index (χ1) is 11.7. The smallest absolute Gasteiger partial charge is 0.254 e. The van der Waals surface area contributed by atoms with Crippen LogP contribution in [0.5, 0.6) is 0 Å². The molecule has 0 unspecified atom stereocenters. The maximum absolute atomic E-state index is 12.9. The van der Waals surface area contributed by atoms with E-state index in [1.165, 1.54) is 0 Å². The van der Waals surface area contributed by atoms with E-state index in [4.69, 9.17) is 4.74 Å². The number of fused-ring (bicyclic) bond motifs is 1. The van der Waals surface area contributed by atoms with Gasteiger partial charge in [-0.2, -0.15) is 0 Å². The second-order valence-electron chi connectivity index (χ2n) is 6.37. The molecule has 1 N–H and O–H groups in total. The summed E-state index contributed by atoms with van der Waals surface area (Å²) in [7, 11) is 0. The minimum absolute atomic E-state index is 0.0151. The number of benzene rings is 1. The number of hydrogen-bond acceptors (Lipinski definition) is 5. The molecule has 2 aliphatic heterocycles. The average molecular weight is 325 g/mol. The number of amides is 1. The molecule has 2 aliphatic rings. The van der Waals surface area contributed by atoms with Gasteiger partial charge in [0.1, 0.15) is 0 Å². The second kappa shape index (κ2) is 6.30. The first-order valence-electron chi connectivity index (χ1n) is 8.13. The summed E-state index contributed by atoms with van der Waals surface area (Å²) in [5.74, 6) is -0.0447. The van der Waals surface area contributed by atoms with Gasteiger partial charge in [0.2, 0.25) is 0 Å². The van der Waals surface area contributed by atoms with Gasteiger partial charge < -0.3 is 14.7 Å². The van der Waals surface area contributed by atoms with E-state index in [0.29, 0.717) is 38.3 Å². The third kappa shape index (κ3) is 2.79. The van der Waals surface area contributed by atoms with Crippen LogP contribution < -0.4 is 0 Å². The molecule has 124 valence electrons. The molecule has 24 heavy (non-hydrogen) atoms. The maximum atomic E-state index is 12.9. The van der Waals surface area contributed by atoms with Crippen molar-refractivity contribution >= 4 is 5.91 Å². The maximum Gasteiger partial charge on any atom is 0.254 e. The van der Waals surface area contributed by atoms with Crippen LogP contribution in [0.3, 0.4) is 0 Å². The SMILES string of the molecule is O=C(c1cccc2c1COC2)N1C[C@@H](Cc2cnccn2)[C@H](O)C1. The number of likely N-dealkylation sites (tertiary alicyclic amines) is 1. The van der Waals surface area contributed by atoms with E-state index in [-0.39, 0.29) is 11.8 Å². The van der Waals surface area contributed by atoms with Gasteiger partial charge in [0.25, 0.3) is 5.91 Å². The van der Waals surface area contributed by atoms with Gasteiger partial charge in [-0.15, -0.1) is 0 Å². The molecular formula is C18H19N3O3. The van der Waals surface area contributed by atoms with Gasteiger partial charge in [-0.3, -0.25) is 14.8 Å². The zero-order chi connectivity index (χ0) is 16.5. The Kier molecular flexibility index (Phi) is 4.00. The van der Waals surface area contributed by atoms with E-state index in [0.717, 1.165) is 16.8 Å². The Balaban J connectivity index is 1.50. The zero-order valence-corrected chi connectivity index (χ0v) is 13.3. The van der Waals surface area contributed by atoms with Gasteiger partial charge >= 0.3 is 0 Å². The lowest BCUT2D eigenvalue weighted by Crippen LogP contribution is -2.30. The van der Waals surface area contributed by atoms with E-state index in [2.05, 4.69) is 9.97 Å². The molecule has 6 nitrogen and oxygen atoms in total. The first kappa shape index (κ1) is 15.2. The van der Waals surface area contributed by atoms with Crippen LogP contribution >= 0.6 is 0 Å². The number of ether oxygens (including phenoxy) is 1. The van der Waals surface area contributed by atoms with Crippen molar-refractivity contribution in [3.63, 3.8) is 0 Å². The first-order valence-corrected chi connectivity index (χ1v) is 8.13. The van der Waals surface area contributed by atoms with E-state index in [1.54, 1.807) is 23.5 Å². The van der Waals surface area contributed by atoms with Gasteiger partial charge in [0, 0.05) is 43.2 Å². The average Bonchev–Trinajstić information content (AvgIpc) is 3.22. The van der Waals surface area contributed by atoms with Crippen molar-refractivity contribution in [2.75, 3.05) is 13.1 Å². The minimum Gasteiger partial charge on any atom is -0.391 e. The Morgan fingerprint density at radius 1 is 1.29 bits per heavy atom. The molecule has 0 bridgehead atoms. The lowest BCUT2D eigenvalue weighted by atomic mass is 10.0. The summed E-state index contributed by atoms with van der Waals surface area (Å²) >= 11 is 0. The normalized spacial score (nSPS) is 22.6. The van der Waals surface area contributed by atoms with Gasteiger partial charge in [-0.25, -0.2) is 0 Å². The molecule has 2 atom stereocenters. The van der Waals surface area contributed by atoms with Crippen LogP contribution in [0.25, 0.3) is 0 Å². The van der Waals surface area contributed by atoms with Crippen molar-refractivity contribution in [3.8, 4) is 0 Å². The molecule has 1 aromatic carbocycles. The molecule has 1 amide bonds. The van der Waals surface area contributed by atoms with Crippen molar-refractivity contribution in [3.05, 3.63) is 59.2 Å². The number of carbonyl (C=O) groups excluding carboxylic acids is 1. The van der Waals surface area contributed by atoms with E-state index in [9.17, 15) is 9.90 Å². The third-order valence-corrected chi connectivity index (χ3v) is 4.79. The van der Waals surface area contributed by atoms with Crippen molar-refractivity contribution < 1.29 is 14.6 Å². The molecule has 6 heteroatoms. The Bertz CT molecular complexity index is 750. The summed E-state index contributed by atoms with van der Waals surface area (Å²) in [6, 6.07) is 5.73. The molecule has 1 aromatic heterocycles. The summed E-state index contributed by atoms with van der Waals surface area (Å²) in [6.07, 6.45) is 5.06. The van der Waals surface area contributed by atoms with Crippen LogP contribution in [0.4, 0.5) is 0 Å². The Morgan fingerprint density at radius 2 is 2.21 bits per heavy atom. The highest BCUT2D eigenvalue weighted by Crippen LogP contribution is 2.27. The fourth-order valence-electron chi connectivity index (χ4n) is 3.50. The number of aliphatic hydroxyl groups excluding tert-OH is 1. The molecule has 1 saturated heterocycles. The molecule has 4 rings (SSSR count). The highest BCUT2D eigenvalue weighted by Gasteiger charge is 2.35. The van der Waals surface area contributed by atoms with Crippen LogP contribution in [-0.2, 0) is 24.4 Å². The van der Waals surface area contributed by atoms with Crippen LogP contribution in [0.2, 0.25) is 0 Å². The monoisotopic (exact) mass is 325 g/mol. The van der Waals surface area contributed by atoms with Gasteiger partial charge in [0.15, 0.2) is 0 Å².